The number of benzene rings is 1. The maximum Gasteiger partial charge on any atom is 0.416 e. The molecule has 7 heteroatoms. The fraction of sp³-hybridized carbons (Fsp3) is 0.385. The van der Waals surface area contributed by atoms with Gasteiger partial charge in [0.2, 0.25) is 0 Å². The second kappa shape index (κ2) is 5.09. The maximum atomic E-state index is 12.6. The Balaban J connectivity index is 2.42. The highest BCUT2D eigenvalue weighted by Gasteiger charge is 2.39. The summed E-state index contributed by atoms with van der Waals surface area (Å²) in [5.41, 5.74) is -0.929. The molecule has 1 atom stereocenters. The molecular formula is C13H11ClF3NO2. The lowest BCUT2D eigenvalue weighted by molar-refractivity contribution is -0.137. The molecule has 1 aromatic carbocycles. The van der Waals surface area contributed by atoms with Crippen molar-refractivity contribution in [3.8, 4) is 0 Å². The van der Waals surface area contributed by atoms with Crippen molar-refractivity contribution in [1.29, 1.82) is 0 Å². The first-order chi connectivity index (χ1) is 9.25. The molecule has 1 heterocycles. The van der Waals surface area contributed by atoms with E-state index in [1.54, 1.807) is 6.92 Å². The zero-order chi connectivity index (χ0) is 15.1. The molecule has 0 N–H and O–H groups in total. The van der Waals surface area contributed by atoms with Gasteiger partial charge in [0.05, 0.1) is 16.8 Å². The van der Waals surface area contributed by atoms with Crippen LogP contribution in [0.5, 0.6) is 0 Å². The van der Waals surface area contributed by atoms with E-state index in [-0.39, 0.29) is 29.6 Å². The van der Waals surface area contributed by atoms with Gasteiger partial charge in [-0.25, -0.2) is 0 Å². The third-order valence-electron chi connectivity index (χ3n) is 3.06. The quantitative estimate of drug-likeness (QED) is 0.635. The number of anilines is 1. The lowest BCUT2D eigenvalue weighted by Gasteiger charge is -2.20. The van der Waals surface area contributed by atoms with Gasteiger partial charge >= 0.3 is 6.18 Å². The molecule has 1 amide bonds. The van der Waals surface area contributed by atoms with Gasteiger partial charge in [-0.2, -0.15) is 13.2 Å². The van der Waals surface area contributed by atoms with Crippen LogP contribution >= 0.6 is 11.6 Å². The van der Waals surface area contributed by atoms with Crippen LogP contribution in [0.1, 0.15) is 22.8 Å². The SMILES string of the molecule is CC(CCl)CN1C(=O)C(=O)c2cc(C(F)(F)F)ccc21. The monoisotopic (exact) mass is 305 g/mol. The minimum absolute atomic E-state index is 0.0679. The largest absolute Gasteiger partial charge is 0.416 e. The number of hydrogen-bond acceptors (Lipinski definition) is 2. The number of rotatable bonds is 3. The summed E-state index contributed by atoms with van der Waals surface area (Å²) in [6.07, 6.45) is -4.55. The van der Waals surface area contributed by atoms with Gasteiger partial charge < -0.3 is 4.90 Å². The predicted molar refractivity (Wildman–Crippen MR) is 68.0 cm³/mol. The fourth-order valence-corrected chi connectivity index (χ4v) is 2.12. The predicted octanol–water partition coefficient (Wildman–Crippen LogP) is 3.11. The Morgan fingerprint density at radius 2 is 1.95 bits per heavy atom. The fourth-order valence-electron chi connectivity index (χ4n) is 2.02. The van der Waals surface area contributed by atoms with Crippen LogP contribution in [-0.4, -0.2) is 24.1 Å². The Hall–Kier alpha value is -1.56. The molecule has 0 saturated carbocycles. The van der Waals surface area contributed by atoms with E-state index < -0.39 is 23.4 Å². The molecule has 1 unspecified atom stereocenters. The van der Waals surface area contributed by atoms with Crippen molar-refractivity contribution >= 4 is 29.0 Å². The van der Waals surface area contributed by atoms with Crippen molar-refractivity contribution < 1.29 is 22.8 Å². The maximum absolute atomic E-state index is 12.6. The number of ketones is 1. The average molecular weight is 306 g/mol. The summed E-state index contributed by atoms with van der Waals surface area (Å²) in [5, 5.41) is 0. The number of hydrogen-bond donors (Lipinski definition) is 0. The van der Waals surface area contributed by atoms with Crippen LogP contribution in [0.15, 0.2) is 18.2 Å². The van der Waals surface area contributed by atoms with Gasteiger partial charge in [0.15, 0.2) is 0 Å². The molecule has 3 nitrogen and oxygen atoms in total. The third-order valence-corrected chi connectivity index (χ3v) is 3.58. The van der Waals surface area contributed by atoms with E-state index in [0.717, 1.165) is 18.2 Å². The van der Waals surface area contributed by atoms with Gasteiger partial charge in [-0.15, -0.1) is 11.6 Å². The number of carbonyl (C=O) groups is 2. The van der Waals surface area contributed by atoms with Crippen LogP contribution in [0.3, 0.4) is 0 Å². The molecule has 0 radical (unpaired) electrons. The van der Waals surface area contributed by atoms with Gasteiger partial charge in [0.1, 0.15) is 0 Å². The first-order valence-electron chi connectivity index (χ1n) is 5.89. The van der Waals surface area contributed by atoms with Crippen LogP contribution in [0, 0.1) is 5.92 Å². The lowest BCUT2D eigenvalue weighted by Crippen LogP contribution is -2.34. The zero-order valence-electron chi connectivity index (χ0n) is 10.5. The van der Waals surface area contributed by atoms with Crippen molar-refractivity contribution in [2.75, 3.05) is 17.3 Å². The van der Waals surface area contributed by atoms with Gasteiger partial charge in [-0.3, -0.25) is 9.59 Å². The molecule has 0 fully saturated rings. The Kier molecular flexibility index (Phi) is 3.77. The molecule has 0 aliphatic carbocycles. The molecule has 0 aromatic heterocycles. The molecular weight excluding hydrogens is 295 g/mol. The number of amides is 1. The number of nitrogens with zero attached hydrogens (tertiary/aromatic N) is 1. The Labute approximate surface area is 118 Å². The second-order valence-corrected chi connectivity index (χ2v) is 5.04. The summed E-state index contributed by atoms with van der Waals surface area (Å²) < 4.78 is 37.8. The molecule has 0 bridgehead atoms. The summed E-state index contributed by atoms with van der Waals surface area (Å²) in [7, 11) is 0. The Morgan fingerprint density at radius 1 is 1.30 bits per heavy atom. The molecule has 0 spiro atoms. The van der Waals surface area contributed by atoms with Crippen LogP contribution in [0.2, 0.25) is 0 Å². The van der Waals surface area contributed by atoms with Crippen molar-refractivity contribution in [2.45, 2.75) is 13.1 Å². The number of Topliss-reactive ketones (excluding diaryl/α,β-unsaturated/α-hetero) is 1. The number of fused-ring (bicyclic) bond motifs is 1. The smallest absolute Gasteiger partial charge is 0.304 e. The second-order valence-electron chi connectivity index (χ2n) is 4.73. The third kappa shape index (κ3) is 2.52. The Bertz CT molecular complexity index is 571. The van der Waals surface area contributed by atoms with Crippen molar-refractivity contribution in [2.24, 2.45) is 5.92 Å². The molecule has 1 aliphatic rings. The summed E-state index contributed by atoms with van der Waals surface area (Å²) in [4.78, 5) is 24.8. The first kappa shape index (κ1) is 14.8. The minimum Gasteiger partial charge on any atom is -0.304 e. The standard InChI is InChI=1S/C13H11ClF3NO2/c1-7(5-14)6-18-10-3-2-8(13(15,16)17)4-9(10)11(19)12(18)20/h2-4,7H,5-6H2,1H3. The minimum atomic E-state index is -4.55. The van der Waals surface area contributed by atoms with Crippen LogP contribution in [-0.2, 0) is 11.0 Å². The lowest BCUT2D eigenvalue weighted by atomic mass is 10.1. The van der Waals surface area contributed by atoms with Gasteiger partial charge in [0.25, 0.3) is 11.7 Å². The van der Waals surface area contributed by atoms with Gasteiger partial charge in [0, 0.05) is 12.4 Å². The number of alkyl halides is 4. The van der Waals surface area contributed by atoms with E-state index in [0.29, 0.717) is 0 Å². The highest BCUT2D eigenvalue weighted by Crippen LogP contribution is 2.36. The van der Waals surface area contributed by atoms with E-state index in [1.807, 2.05) is 0 Å². The van der Waals surface area contributed by atoms with Gasteiger partial charge in [-0.1, -0.05) is 6.92 Å². The molecule has 0 saturated heterocycles. The topological polar surface area (TPSA) is 37.4 Å². The summed E-state index contributed by atoms with van der Waals surface area (Å²) in [5.74, 6) is -1.50. The summed E-state index contributed by atoms with van der Waals surface area (Å²) in [6.45, 7) is 1.99. The molecule has 1 aliphatic heterocycles. The van der Waals surface area contributed by atoms with E-state index in [2.05, 4.69) is 0 Å². The van der Waals surface area contributed by atoms with Crippen molar-refractivity contribution in [3.63, 3.8) is 0 Å². The van der Waals surface area contributed by atoms with E-state index in [4.69, 9.17) is 11.6 Å². The highest BCUT2D eigenvalue weighted by molar-refractivity contribution is 6.52. The zero-order valence-corrected chi connectivity index (χ0v) is 11.3. The highest BCUT2D eigenvalue weighted by atomic mass is 35.5. The normalized spacial score (nSPS) is 16.6. The van der Waals surface area contributed by atoms with E-state index in [1.165, 1.54) is 4.90 Å². The number of carbonyl (C=O) groups excluding carboxylic acids is 2. The van der Waals surface area contributed by atoms with E-state index in [9.17, 15) is 22.8 Å². The van der Waals surface area contributed by atoms with Crippen molar-refractivity contribution in [3.05, 3.63) is 29.3 Å². The Morgan fingerprint density at radius 3 is 2.50 bits per heavy atom. The van der Waals surface area contributed by atoms with Crippen LogP contribution in [0.4, 0.5) is 18.9 Å². The van der Waals surface area contributed by atoms with Crippen molar-refractivity contribution in [1.82, 2.24) is 0 Å². The summed E-state index contributed by atoms with van der Waals surface area (Å²) >= 11 is 5.66. The summed E-state index contributed by atoms with van der Waals surface area (Å²) in [6, 6.07) is 2.74. The molecule has 2 rings (SSSR count). The number of halogens is 4. The average Bonchev–Trinajstić information content (AvgIpc) is 2.62. The van der Waals surface area contributed by atoms with Gasteiger partial charge in [-0.05, 0) is 24.1 Å². The van der Waals surface area contributed by atoms with E-state index >= 15 is 0 Å². The molecule has 108 valence electrons. The molecule has 1 aromatic rings. The van der Waals surface area contributed by atoms with Crippen LogP contribution < -0.4 is 4.90 Å². The molecule has 20 heavy (non-hydrogen) atoms. The first-order valence-corrected chi connectivity index (χ1v) is 6.42. The van der Waals surface area contributed by atoms with Crippen LogP contribution in [0.25, 0.3) is 0 Å².